The van der Waals surface area contributed by atoms with E-state index >= 15 is 0 Å². The monoisotopic (exact) mass is 1090 g/mol. The Morgan fingerprint density at radius 1 is 0.478 bits per heavy atom. The van der Waals surface area contributed by atoms with E-state index in [-0.39, 0.29) is 48.5 Å². The smallest absolute Gasteiger partial charge is 0.169 e. The summed E-state index contributed by atoms with van der Waals surface area (Å²) < 4.78 is 2.12. The maximum Gasteiger partial charge on any atom is 0.169 e. The Labute approximate surface area is 423 Å². The summed E-state index contributed by atoms with van der Waals surface area (Å²) >= 11 is 0. The number of hydrogen-bond acceptors (Lipinski definition) is 5. The van der Waals surface area contributed by atoms with Crippen LogP contribution < -0.4 is 0 Å². The topological polar surface area (TPSA) is 76.7 Å². The van der Waals surface area contributed by atoms with E-state index in [1.165, 1.54) is 16.7 Å². The van der Waals surface area contributed by atoms with E-state index in [1.54, 1.807) is 6.33 Å². The number of nitrogens with zero attached hydrogens (tertiary/aromatic N) is 5. The van der Waals surface area contributed by atoms with Crippen LogP contribution in [0.25, 0.3) is 84.3 Å². The third-order valence-electron chi connectivity index (χ3n) is 13.0. The van der Waals surface area contributed by atoms with E-state index in [0.29, 0.717) is 33.9 Å². The van der Waals surface area contributed by atoms with E-state index in [2.05, 4.69) is 221 Å². The second kappa shape index (κ2) is 18.4. The van der Waals surface area contributed by atoms with Crippen LogP contribution in [0.4, 0.5) is 0 Å². The summed E-state index contributed by atoms with van der Waals surface area (Å²) in [6, 6.07) is 54.7. The van der Waals surface area contributed by atoms with Gasteiger partial charge in [0.2, 0.25) is 0 Å². The summed E-state index contributed by atoms with van der Waals surface area (Å²) in [5.74, 6) is 0.771. The van der Waals surface area contributed by atoms with Gasteiger partial charge in [-0.3, -0.25) is 9.55 Å². The first-order valence-corrected chi connectivity index (χ1v) is 23.7. The first-order chi connectivity index (χ1) is 32.1. The number of aromatic nitrogens is 5. The third kappa shape index (κ3) is 9.88. The Kier molecular flexibility index (Phi) is 13.1. The van der Waals surface area contributed by atoms with Crippen LogP contribution in [0.1, 0.15) is 105 Å². The maximum absolute atomic E-state index is 12.5. The van der Waals surface area contributed by atoms with Gasteiger partial charge in [0.25, 0.3) is 0 Å². The normalized spacial score (nSPS) is 12.3. The van der Waals surface area contributed by atoms with Crippen LogP contribution in [0.2, 0.25) is 0 Å². The molecule has 0 aliphatic rings. The van der Waals surface area contributed by atoms with Crippen LogP contribution in [0.5, 0.6) is 5.75 Å². The second-order valence-electron chi connectivity index (χ2n) is 22.2. The van der Waals surface area contributed by atoms with Crippen molar-refractivity contribution in [2.24, 2.45) is 0 Å². The number of rotatable bonds is 7. The van der Waals surface area contributed by atoms with Crippen LogP contribution >= 0.6 is 0 Å². The molecule has 0 aliphatic carbocycles. The molecule has 0 atom stereocenters. The van der Waals surface area contributed by atoms with Crippen molar-refractivity contribution in [3.05, 3.63) is 180 Å². The molecule has 0 aliphatic heterocycles. The molecule has 0 amide bonds. The zero-order valence-electron chi connectivity index (χ0n) is 41.9. The fraction of sp³-hybridized carbons (Fsp3) is 0.258. The van der Waals surface area contributed by atoms with Gasteiger partial charge in [-0.15, -0.1) is 35.4 Å². The number of imidazole rings is 1. The summed E-state index contributed by atoms with van der Waals surface area (Å²) in [7, 11) is 0. The summed E-state index contributed by atoms with van der Waals surface area (Å²) in [4.78, 5) is 21.0. The van der Waals surface area contributed by atoms with Gasteiger partial charge in [-0.1, -0.05) is 186 Å². The molecule has 0 radical (unpaired) electrons. The van der Waals surface area contributed by atoms with Crippen LogP contribution in [0.15, 0.2) is 152 Å². The van der Waals surface area contributed by atoms with Crippen molar-refractivity contribution < 1.29 is 26.2 Å². The molecular weight excluding hydrogens is 1030 g/mol. The number of benzene rings is 6. The Balaban J connectivity index is 0.00000642. The molecule has 0 unspecified atom stereocenters. The van der Waals surface area contributed by atoms with Gasteiger partial charge in [-0.2, -0.15) is 0 Å². The Bertz CT molecular complexity index is 3310. The van der Waals surface area contributed by atoms with Gasteiger partial charge >= 0.3 is 0 Å². The van der Waals surface area contributed by atoms with E-state index < -0.39 is 0 Å². The van der Waals surface area contributed by atoms with Gasteiger partial charge in [-0.25, -0.2) is 15.0 Å². The van der Waals surface area contributed by atoms with Gasteiger partial charge in [0.1, 0.15) is 23.3 Å². The molecule has 1 N–H and O–H groups in total. The van der Waals surface area contributed by atoms with Crippen molar-refractivity contribution in [3.63, 3.8) is 0 Å². The summed E-state index contributed by atoms with van der Waals surface area (Å²) in [6.45, 7) is 26.4. The molecule has 0 bridgehead atoms. The van der Waals surface area contributed by atoms with Gasteiger partial charge in [0.05, 0.1) is 16.9 Å². The van der Waals surface area contributed by atoms with Gasteiger partial charge in [-0.05, 0) is 90.6 Å². The molecule has 3 aromatic heterocycles. The van der Waals surface area contributed by atoms with Crippen LogP contribution in [0.3, 0.4) is 0 Å². The summed E-state index contributed by atoms with van der Waals surface area (Å²) in [5, 5.41) is 12.5. The molecule has 6 aromatic carbocycles. The predicted octanol–water partition coefficient (Wildman–Crippen LogP) is 15.9. The molecule has 0 saturated heterocycles. The molecule has 6 nitrogen and oxygen atoms in total. The van der Waals surface area contributed by atoms with Gasteiger partial charge in [0.15, 0.2) is 11.5 Å². The largest absolute Gasteiger partial charge is 0.507 e. The molecule has 3 heterocycles. The fourth-order valence-electron chi connectivity index (χ4n) is 8.85. The number of phenolic OH excluding ortho intramolecular Hbond substituents is 1. The molecule has 352 valence electrons. The molecule has 0 saturated carbocycles. The Hall–Kier alpha value is -6.49. The number of hydrogen-bond donors (Lipinski definition) is 1. The third-order valence-corrected chi connectivity index (χ3v) is 13.0. The van der Waals surface area contributed by atoms with Crippen molar-refractivity contribution in [3.8, 4) is 78.9 Å². The molecule has 0 fully saturated rings. The van der Waals surface area contributed by atoms with Crippen molar-refractivity contribution in [2.75, 3.05) is 0 Å². The van der Waals surface area contributed by atoms with E-state index in [9.17, 15) is 5.11 Å². The first kappa shape index (κ1) is 48.9. The average Bonchev–Trinajstić information content (AvgIpc) is 3.70. The van der Waals surface area contributed by atoms with Crippen LogP contribution in [0, 0.1) is 6.07 Å². The second-order valence-corrected chi connectivity index (χ2v) is 22.2. The SMILES string of the molecule is CC(C)(C)c1cc(-c2[c-]ccc(-c3ccc(-c4ccccc4)cc3)c2)nc(-c2ncnc3c2nc(-c2cc(C(C)(C)C)cc(C(C)(C)C)c2O)n3-c2ccc(C(C)(C)C)cc2-c2ccccc2)c1.[Pt]. The zero-order valence-corrected chi connectivity index (χ0v) is 44.2. The van der Waals surface area contributed by atoms with E-state index in [0.717, 1.165) is 55.9 Å². The minimum absolute atomic E-state index is 0. The standard InChI is InChI=1S/C62H62N5O.Pt/c1-59(2,3)45-30-31-53(48(33-45)42-22-17-14-18-23-42)67-57(49-34-46(60(4,5)6)35-50(56(49)68)62(10,11)12)66-55-54(63-38-64-58(55)67)52-37-47(61(7,8)9)36-51(65-52)44-25-19-24-43(32-44)41-28-26-40(27-29-41)39-20-15-13-16-21-39;/h13-24,26-38,68H,1-12H3;/q-1;. The van der Waals surface area contributed by atoms with Gasteiger partial charge < -0.3 is 5.11 Å². The van der Waals surface area contributed by atoms with Crippen molar-refractivity contribution in [1.82, 2.24) is 24.5 Å². The molecule has 0 spiro atoms. The minimum Gasteiger partial charge on any atom is -0.507 e. The summed E-state index contributed by atoms with van der Waals surface area (Å²) in [5.41, 5.74) is 15.6. The van der Waals surface area contributed by atoms with E-state index in [4.69, 9.17) is 19.9 Å². The molecule has 9 rings (SSSR count). The minimum atomic E-state index is -0.362. The zero-order chi connectivity index (χ0) is 48.3. The Morgan fingerprint density at radius 3 is 1.64 bits per heavy atom. The van der Waals surface area contributed by atoms with Crippen LogP contribution in [-0.4, -0.2) is 29.6 Å². The Morgan fingerprint density at radius 2 is 1.03 bits per heavy atom. The fourth-order valence-corrected chi connectivity index (χ4v) is 8.85. The molecule has 7 heteroatoms. The first-order valence-electron chi connectivity index (χ1n) is 23.7. The molecule has 69 heavy (non-hydrogen) atoms. The predicted molar refractivity (Wildman–Crippen MR) is 282 cm³/mol. The molecular formula is C62H62N5OPt-. The number of pyridine rings is 1. The summed E-state index contributed by atoms with van der Waals surface area (Å²) in [6.07, 6.45) is 1.62. The maximum atomic E-state index is 12.5. The van der Waals surface area contributed by atoms with Crippen LogP contribution in [-0.2, 0) is 42.7 Å². The van der Waals surface area contributed by atoms with Crippen molar-refractivity contribution in [2.45, 2.75) is 105 Å². The molecule has 9 aromatic rings. The number of fused-ring (bicyclic) bond motifs is 1. The number of phenols is 1. The van der Waals surface area contributed by atoms with Gasteiger partial charge in [0, 0.05) is 32.2 Å². The van der Waals surface area contributed by atoms with Crippen molar-refractivity contribution in [1.29, 1.82) is 0 Å². The number of aromatic hydroxyl groups is 1. The quantitative estimate of drug-likeness (QED) is 0.161. The van der Waals surface area contributed by atoms with E-state index in [1.807, 2.05) is 18.2 Å². The van der Waals surface area contributed by atoms with Crippen molar-refractivity contribution >= 4 is 11.2 Å². The average molecular weight is 1090 g/mol.